The van der Waals surface area contributed by atoms with Crippen LogP contribution in [0.1, 0.15) is 5.56 Å². The van der Waals surface area contributed by atoms with E-state index in [4.69, 9.17) is 17.4 Å². The molecule has 0 radical (unpaired) electrons. The van der Waals surface area contributed by atoms with E-state index in [1.54, 1.807) is 12.4 Å². The Bertz CT molecular complexity index is 767. The third kappa shape index (κ3) is 2.26. The molecule has 2 heterocycles. The Kier molecular flexibility index (Phi) is 3.17. The first kappa shape index (κ1) is 12.7. The van der Waals surface area contributed by atoms with Crippen molar-refractivity contribution >= 4 is 34.6 Å². The summed E-state index contributed by atoms with van der Waals surface area (Å²) >= 11 is 6.19. The van der Waals surface area contributed by atoms with E-state index in [1.165, 1.54) is 0 Å². The molecule has 20 heavy (non-hydrogen) atoms. The molecular weight excluding hydrogens is 276 g/mol. The molecule has 0 spiro atoms. The van der Waals surface area contributed by atoms with Crippen LogP contribution in [-0.2, 0) is 0 Å². The number of benzene rings is 1. The number of anilines is 3. The Morgan fingerprint density at radius 1 is 1.35 bits per heavy atom. The Morgan fingerprint density at radius 3 is 3.00 bits per heavy atom. The van der Waals surface area contributed by atoms with Gasteiger partial charge in [0, 0.05) is 12.4 Å². The number of aryl methyl sites for hydroxylation is 1. The highest BCUT2D eigenvalue weighted by molar-refractivity contribution is 6.33. The summed E-state index contributed by atoms with van der Waals surface area (Å²) < 4.78 is 1.83. The normalized spacial score (nSPS) is 10.8. The van der Waals surface area contributed by atoms with Crippen LogP contribution < -0.4 is 16.6 Å². The van der Waals surface area contributed by atoms with Crippen LogP contribution in [0.5, 0.6) is 0 Å². The molecule has 0 atom stereocenters. The van der Waals surface area contributed by atoms with Gasteiger partial charge in [0.2, 0.25) is 0 Å². The van der Waals surface area contributed by atoms with Gasteiger partial charge in [0.25, 0.3) is 0 Å². The topological polar surface area (TPSA) is 80.3 Å². The monoisotopic (exact) mass is 288 g/mol. The average molecular weight is 289 g/mol. The van der Waals surface area contributed by atoms with Crippen molar-refractivity contribution in [2.24, 2.45) is 5.84 Å². The highest BCUT2D eigenvalue weighted by Crippen LogP contribution is 2.27. The Hall–Kier alpha value is -2.31. The number of nitrogens with one attached hydrogen (secondary N) is 2. The van der Waals surface area contributed by atoms with Crippen molar-refractivity contribution in [3.05, 3.63) is 47.4 Å². The van der Waals surface area contributed by atoms with Gasteiger partial charge in [0.05, 0.1) is 16.9 Å². The van der Waals surface area contributed by atoms with Gasteiger partial charge >= 0.3 is 0 Å². The second kappa shape index (κ2) is 4.99. The van der Waals surface area contributed by atoms with Crippen molar-refractivity contribution in [1.29, 1.82) is 0 Å². The smallest absolute Gasteiger partial charge is 0.180 e. The molecule has 6 nitrogen and oxygen atoms in total. The molecule has 0 bridgehead atoms. The molecule has 0 aliphatic heterocycles. The minimum atomic E-state index is 0.529. The summed E-state index contributed by atoms with van der Waals surface area (Å²) in [4.78, 5) is 8.64. The van der Waals surface area contributed by atoms with Crippen LogP contribution in [0, 0.1) is 6.92 Å². The maximum atomic E-state index is 6.19. The summed E-state index contributed by atoms with van der Waals surface area (Å²) in [6.07, 6.45) is 5.27. The molecule has 102 valence electrons. The molecule has 0 saturated heterocycles. The van der Waals surface area contributed by atoms with E-state index in [9.17, 15) is 0 Å². The number of nitrogen functional groups attached to an aromatic ring is 1. The summed E-state index contributed by atoms with van der Waals surface area (Å²) in [6.45, 7) is 2.00. The maximum Gasteiger partial charge on any atom is 0.180 e. The van der Waals surface area contributed by atoms with Gasteiger partial charge in [-0.3, -0.25) is 0 Å². The molecule has 4 N–H and O–H groups in total. The Labute approximate surface area is 120 Å². The molecule has 2 aromatic heterocycles. The first-order valence-electron chi connectivity index (χ1n) is 6.01. The third-order valence-corrected chi connectivity index (χ3v) is 3.23. The van der Waals surface area contributed by atoms with E-state index in [-0.39, 0.29) is 0 Å². The standard InChI is InChI=1S/C13H13ClN6/c1-8-2-3-9(14)10(6-8)17-12-13-16-4-5-20(13)7-11(18-12)19-15/h2-7,19H,15H2,1H3,(H,17,18). The van der Waals surface area contributed by atoms with Gasteiger partial charge in [-0.2, -0.15) is 0 Å². The van der Waals surface area contributed by atoms with Gasteiger partial charge in [-0.15, -0.1) is 0 Å². The highest BCUT2D eigenvalue weighted by Gasteiger charge is 2.09. The van der Waals surface area contributed by atoms with Crippen LogP contribution in [0.3, 0.4) is 0 Å². The molecular formula is C13H13ClN6. The molecule has 0 amide bonds. The van der Waals surface area contributed by atoms with Crippen molar-refractivity contribution in [3.8, 4) is 0 Å². The zero-order chi connectivity index (χ0) is 14.1. The second-order valence-corrected chi connectivity index (χ2v) is 4.79. The number of hydrogen-bond donors (Lipinski definition) is 3. The van der Waals surface area contributed by atoms with Gasteiger partial charge < -0.3 is 15.1 Å². The van der Waals surface area contributed by atoms with E-state index in [2.05, 4.69) is 20.7 Å². The predicted octanol–water partition coefficient (Wildman–Crippen LogP) is 2.72. The van der Waals surface area contributed by atoms with E-state index in [1.807, 2.05) is 35.7 Å². The zero-order valence-electron chi connectivity index (χ0n) is 10.8. The van der Waals surface area contributed by atoms with Gasteiger partial charge in [-0.05, 0) is 24.6 Å². The summed E-state index contributed by atoms with van der Waals surface area (Å²) in [5, 5.41) is 3.81. The SMILES string of the molecule is Cc1ccc(Cl)c(Nc2nc(NN)cn3ccnc23)c1. The van der Waals surface area contributed by atoms with E-state index in [0.29, 0.717) is 22.3 Å². The summed E-state index contributed by atoms with van der Waals surface area (Å²) in [6, 6.07) is 5.74. The van der Waals surface area contributed by atoms with Gasteiger partial charge in [0.1, 0.15) is 0 Å². The van der Waals surface area contributed by atoms with Crippen LogP contribution in [0.2, 0.25) is 5.02 Å². The summed E-state index contributed by atoms with van der Waals surface area (Å²) in [5.41, 5.74) is 5.10. The third-order valence-electron chi connectivity index (χ3n) is 2.90. The van der Waals surface area contributed by atoms with Crippen molar-refractivity contribution in [3.63, 3.8) is 0 Å². The fraction of sp³-hybridized carbons (Fsp3) is 0.0769. The van der Waals surface area contributed by atoms with E-state index in [0.717, 1.165) is 11.3 Å². The molecule has 1 aromatic carbocycles. The minimum Gasteiger partial charge on any atom is -0.336 e. The molecule has 0 saturated carbocycles. The number of hydrazine groups is 1. The van der Waals surface area contributed by atoms with Crippen molar-refractivity contribution in [2.45, 2.75) is 6.92 Å². The number of fused-ring (bicyclic) bond motifs is 1. The number of imidazole rings is 1. The molecule has 3 rings (SSSR count). The lowest BCUT2D eigenvalue weighted by Crippen LogP contribution is -2.11. The van der Waals surface area contributed by atoms with Crippen molar-refractivity contribution < 1.29 is 0 Å². The Balaban J connectivity index is 2.09. The maximum absolute atomic E-state index is 6.19. The molecule has 0 aliphatic rings. The second-order valence-electron chi connectivity index (χ2n) is 4.39. The van der Waals surface area contributed by atoms with Gasteiger partial charge in [0.15, 0.2) is 17.3 Å². The van der Waals surface area contributed by atoms with Crippen molar-refractivity contribution in [1.82, 2.24) is 14.4 Å². The summed E-state index contributed by atoms with van der Waals surface area (Å²) in [7, 11) is 0. The number of rotatable bonds is 3. The quantitative estimate of drug-likeness (QED) is 0.510. The lowest BCUT2D eigenvalue weighted by Gasteiger charge is -2.11. The summed E-state index contributed by atoms with van der Waals surface area (Å²) in [5.74, 6) is 6.54. The average Bonchev–Trinajstić information content (AvgIpc) is 2.91. The van der Waals surface area contributed by atoms with E-state index < -0.39 is 0 Å². The van der Waals surface area contributed by atoms with E-state index >= 15 is 0 Å². The largest absolute Gasteiger partial charge is 0.336 e. The molecule has 3 aromatic rings. The van der Waals surface area contributed by atoms with Crippen LogP contribution >= 0.6 is 11.6 Å². The fourth-order valence-corrected chi connectivity index (χ4v) is 2.11. The number of aromatic nitrogens is 3. The number of nitrogens with zero attached hydrogens (tertiary/aromatic N) is 3. The van der Waals surface area contributed by atoms with Crippen molar-refractivity contribution in [2.75, 3.05) is 10.7 Å². The van der Waals surface area contributed by atoms with Crippen LogP contribution in [-0.4, -0.2) is 14.4 Å². The fourth-order valence-electron chi connectivity index (χ4n) is 1.95. The molecule has 7 heteroatoms. The van der Waals surface area contributed by atoms with Crippen LogP contribution in [0.15, 0.2) is 36.8 Å². The molecule has 0 aliphatic carbocycles. The zero-order valence-corrected chi connectivity index (χ0v) is 11.5. The van der Waals surface area contributed by atoms with Gasteiger partial charge in [-0.1, -0.05) is 17.7 Å². The number of halogens is 1. The highest BCUT2D eigenvalue weighted by atomic mass is 35.5. The number of hydrogen-bond acceptors (Lipinski definition) is 5. The lowest BCUT2D eigenvalue weighted by atomic mass is 10.2. The van der Waals surface area contributed by atoms with Gasteiger partial charge in [-0.25, -0.2) is 15.8 Å². The Morgan fingerprint density at radius 2 is 2.20 bits per heavy atom. The molecule has 0 unspecified atom stereocenters. The molecule has 0 fully saturated rings. The van der Waals surface area contributed by atoms with Crippen LogP contribution in [0.25, 0.3) is 5.65 Å². The number of nitrogens with two attached hydrogens (primary N) is 1. The lowest BCUT2D eigenvalue weighted by molar-refractivity contribution is 1.11. The minimum absolute atomic E-state index is 0.529. The van der Waals surface area contributed by atoms with Crippen LogP contribution in [0.4, 0.5) is 17.3 Å². The predicted molar refractivity (Wildman–Crippen MR) is 80.3 cm³/mol. The first-order valence-corrected chi connectivity index (χ1v) is 6.38. The first-order chi connectivity index (χ1) is 9.67.